The largest absolute Gasteiger partial charge is 0.339 e. The Kier molecular flexibility index (Phi) is 5.61. The molecule has 0 aliphatic carbocycles. The normalized spacial score (nSPS) is 15.0. The van der Waals surface area contributed by atoms with Gasteiger partial charge in [0.15, 0.2) is 0 Å². The minimum atomic E-state index is 0.0155. The summed E-state index contributed by atoms with van der Waals surface area (Å²) in [6.45, 7) is 3.74. The number of amides is 2. The third-order valence-electron chi connectivity index (χ3n) is 4.15. The quantitative estimate of drug-likeness (QED) is 0.933. The number of benzene rings is 1. The number of rotatable bonds is 4. The lowest BCUT2D eigenvalue weighted by Crippen LogP contribution is -2.42. The lowest BCUT2D eigenvalue weighted by Gasteiger charge is -2.22. The summed E-state index contributed by atoms with van der Waals surface area (Å²) in [6.07, 6.45) is 5.28. The van der Waals surface area contributed by atoms with Crippen molar-refractivity contribution in [3.8, 4) is 0 Å². The molecular formula is C18H23N5O. The number of hydrogen-bond acceptors (Lipinski definition) is 4. The van der Waals surface area contributed by atoms with E-state index in [4.69, 9.17) is 0 Å². The van der Waals surface area contributed by atoms with Gasteiger partial charge in [-0.15, -0.1) is 0 Å². The fourth-order valence-electron chi connectivity index (χ4n) is 2.85. The summed E-state index contributed by atoms with van der Waals surface area (Å²) in [7, 11) is 0. The lowest BCUT2D eigenvalue weighted by molar-refractivity contribution is 0.201. The molecule has 1 aromatic carbocycles. The SMILES string of the molecule is O=C(NCCc1ccccc1)N1CCCN(c2ncccn2)CC1. The van der Waals surface area contributed by atoms with Crippen LogP contribution in [0.4, 0.5) is 10.7 Å². The minimum Gasteiger partial charge on any atom is -0.339 e. The van der Waals surface area contributed by atoms with Crippen LogP contribution in [0.1, 0.15) is 12.0 Å². The fourth-order valence-corrected chi connectivity index (χ4v) is 2.85. The van der Waals surface area contributed by atoms with Crippen molar-refractivity contribution in [3.05, 3.63) is 54.4 Å². The maximum absolute atomic E-state index is 12.3. The Hall–Kier alpha value is -2.63. The molecular weight excluding hydrogens is 302 g/mol. The number of anilines is 1. The summed E-state index contributed by atoms with van der Waals surface area (Å²) in [4.78, 5) is 25.0. The van der Waals surface area contributed by atoms with Gasteiger partial charge in [0, 0.05) is 45.1 Å². The van der Waals surface area contributed by atoms with E-state index in [2.05, 4.69) is 32.3 Å². The first-order valence-corrected chi connectivity index (χ1v) is 8.41. The van der Waals surface area contributed by atoms with Gasteiger partial charge in [0.25, 0.3) is 0 Å². The van der Waals surface area contributed by atoms with Gasteiger partial charge >= 0.3 is 6.03 Å². The van der Waals surface area contributed by atoms with Crippen LogP contribution >= 0.6 is 0 Å². The Labute approximate surface area is 142 Å². The molecule has 0 spiro atoms. The molecule has 1 aromatic heterocycles. The van der Waals surface area contributed by atoms with E-state index >= 15 is 0 Å². The van der Waals surface area contributed by atoms with E-state index in [1.165, 1.54) is 5.56 Å². The van der Waals surface area contributed by atoms with Gasteiger partial charge in [-0.05, 0) is 24.5 Å². The van der Waals surface area contributed by atoms with Gasteiger partial charge in [0.05, 0.1) is 0 Å². The van der Waals surface area contributed by atoms with Crippen LogP contribution in [0.2, 0.25) is 0 Å². The summed E-state index contributed by atoms with van der Waals surface area (Å²) in [5.41, 5.74) is 1.24. The Morgan fingerprint density at radius 1 is 1.00 bits per heavy atom. The van der Waals surface area contributed by atoms with Crippen molar-refractivity contribution in [2.75, 3.05) is 37.6 Å². The van der Waals surface area contributed by atoms with E-state index in [9.17, 15) is 4.79 Å². The average molecular weight is 325 g/mol. The average Bonchev–Trinajstić information content (AvgIpc) is 2.89. The lowest BCUT2D eigenvalue weighted by atomic mass is 10.1. The van der Waals surface area contributed by atoms with E-state index in [1.54, 1.807) is 12.4 Å². The molecule has 0 radical (unpaired) electrons. The van der Waals surface area contributed by atoms with E-state index in [0.717, 1.165) is 38.4 Å². The fraction of sp³-hybridized carbons (Fsp3) is 0.389. The number of carbonyl (C=O) groups is 1. The molecule has 3 rings (SSSR count). The molecule has 0 bridgehead atoms. The monoisotopic (exact) mass is 325 g/mol. The second-order valence-corrected chi connectivity index (χ2v) is 5.84. The molecule has 0 atom stereocenters. The molecule has 1 N–H and O–H groups in total. The van der Waals surface area contributed by atoms with Crippen LogP contribution < -0.4 is 10.2 Å². The molecule has 1 fully saturated rings. The number of nitrogens with zero attached hydrogens (tertiary/aromatic N) is 4. The first-order chi connectivity index (χ1) is 11.8. The number of aromatic nitrogens is 2. The van der Waals surface area contributed by atoms with E-state index in [-0.39, 0.29) is 6.03 Å². The second-order valence-electron chi connectivity index (χ2n) is 5.84. The van der Waals surface area contributed by atoms with E-state index in [1.807, 2.05) is 29.2 Å². The van der Waals surface area contributed by atoms with Gasteiger partial charge in [-0.1, -0.05) is 30.3 Å². The summed E-state index contributed by atoms with van der Waals surface area (Å²) in [6, 6.07) is 12.0. The van der Waals surface area contributed by atoms with Crippen molar-refractivity contribution in [1.29, 1.82) is 0 Å². The summed E-state index contributed by atoms with van der Waals surface area (Å²) in [5, 5.41) is 3.02. The van der Waals surface area contributed by atoms with Crippen molar-refractivity contribution in [2.24, 2.45) is 0 Å². The van der Waals surface area contributed by atoms with Gasteiger partial charge < -0.3 is 15.1 Å². The van der Waals surface area contributed by atoms with Gasteiger partial charge in [0.2, 0.25) is 5.95 Å². The maximum atomic E-state index is 12.3. The smallest absolute Gasteiger partial charge is 0.317 e. The molecule has 1 aliphatic rings. The third-order valence-corrected chi connectivity index (χ3v) is 4.15. The molecule has 0 saturated carbocycles. The molecule has 0 unspecified atom stereocenters. The first-order valence-electron chi connectivity index (χ1n) is 8.41. The van der Waals surface area contributed by atoms with Gasteiger partial charge in [-0.3, -0.25) is 0 Å². The van der Waals surface area contributed by atoms with Crippen molar-refractivity contribution in [2.45, 2.75) is 12.8 Å². The van der Waals surface area contributed by atoms with Crippen molar-refractivity contribution < 1.29 is 4.79 Å². The minimum absolute atomic E-state index is 0.0155. The highest BCUT2D eigenvalue weighted by molar-refractivity contribution is 5.74. The van der Waals surface area contributed by atoms with Crippen molar-refractivity contribution in [3.63, 3.8) is 0 Å². The Morgan fingerprint density at radius 2 is 1.79 bits per heavy atom. The highest BCUT2D eigenvalue weighted by atomic mass is 16.2. The molecule has 6 heteroatoms. The number of urea groups is 1. The van der Waals surface area contributed by atoms with Gasteiger partial charge in [-0.25, -0.2) is 14.8 Å². The standard InChI is InChI=1S/C18H23N5O/c24-18(21-11-8-16-6-2-1-3-7-16)23-13-5-12-22(14-15-23)17-19-9-4-10-20-17/h1-4,6-7,9-10H,5,8,11-15H2,(H,21,24). The zero-order chi connectivity index (χ0) is 16.6. The molecule has 2 heterocycles. The molecule has 2 amide bonds. The molecule has 1 saturated heterocycles. The van der Waals surface area contributed by atoms with Crippen LogP contribution in [0.5, 0.6) is 0 Å². The van der Waals surface area contributed by atoms with E-state index < -0.39 is 0 Å². The van der Waals surface area contributed by atoms with Crippen LogP contribution in [0.3, 0.4) is 0 Å². The van der Waals surface area contributed by atoms with Crippen LogP contribution in [-0.2, 0) is 6.42 Å². The molecule has 6 nitrogen and oxygen atoms in total. The first kappa shape index (κ1) is 16.2. The highest BCUT2D eigenvalue weighted by Gasteiger charge is 2.19. The molecule has 24 heavy (non-hydrogen) atoms. The van der Waals surface area contributed by atoms with Crippen LogP contribution in [0.15, 0.2) is 48.8 Å². The Morgan fingerprint density at radius 3 is 2.58 bits per heavy atom. The number of hydrogen-bond donors (Lipinski definition) is 1. The third kappa shape index (κ3) is 4.44. The molecule has 1 aliphatic heterocycles. The van der Waals surface area contributed by atoms with Gasteiger partial charge in [0.1, 0.15) is 0 Å². The van der Waals surface area contributed by atoms with Crippen LogP contribution in [0.25, 0.3) is 0 Å². The van der Waals surface area contributed by atoms with Gasteiger partial charge in [-0.2, -0.15) is 0 Å². The van der Waals surface area contributed by atoms with Crippen LogP contribution in [0, 0.1) is 0 Å². The predicted molar refractivity (Wildman–Crippen MR) is 94.0 cm³/mol. The topological polar surface area (TPSA) is 61.4 Å². The Bertz CT molecular complexity index is 634. The summed E-state index contributed by atoms with van der Waals surface area (Å²) >= 11 is 0. The predicted octanol–water partition coefficient (Wildman–Crippen LogP) is 1.94. The summed E-state index contributed by atoms with van der Waals surface area (Å²) in [5.74, 6) is 0.740. The van der Waals surface area contributed by atoms with Crippen molar-refractivity contribution in [1.82, 2.24) is 20.2 Å². The Balaban J connectivity index is 1.46. The zero-order valence-corrected chi connectivity index (χ0v) is 13.8. The number of nitrogens with one attached hydrogen (secondary N) is 1. The number of carbonyl (C=O) groups excluding carboxylic acids is 1. The molecule has 2 aromatic rings. The van der Waals surface area contributed by atoms with E-state index in [0.29, 0.717) is 13.1 Å². The highest BCUT2D eigenvalue weighted by Crippen LogP contribution is 2.10. The maximum Gasteiger partial charge on any atom is 0.317 e. The zero-order valence-electron chi connectivity index (χ0n) is 13.8. The van der Waals surface area contributed by atoms with Crippen LogP contribution in [-0.4, -0.2) is 53.6 Å². The van der Waals surface area contributed by atoms with Crippen molar-refractivity contribution >= 4 is 12.0 Å². The summed E-state index contributed by atoms with van der Waals surface area (Å²) < 4.78 is 0. The second kappa shape index (κ2) is 8.29. The molecule has 126 valence electrons.